The van der Waals surface area contributed by atoms with E-state index in [1.807, 2.05) is 18.8 Å². The van der Waals surface area contributed by atoms with E-state index in [2.05, 4.69) is 56.5 Å². The van der Waals surface area contributed by atoms with Gasteiger partial charge in [-0.15, -0.1) is 0 Å². The summed E-state index contributed by atoms with van der Waals surface area (Å²) in [5.41, 5.74) is 0.0381. The molecule has 0 aromatic heterocycles. The lowest BCUT2D eigenvalue weighted by molar-refractivity contribution is -0.176. The van der Waals surface area contributed by atoms with Crippen LogP contribution in [0.3, 0.4) is 0 Å². The monoisotopic (exact) mass is 301 g/mol. The van der Waals surface area contributed by atoms with E-state index in [0.29, 0.717) is 6.04 Å². The van der Waals surface area contributed by atoms with Crippen molar-refractivity contribution in [3.8, 4) is 0 Å². The maximum absolute atomic E-state index is 5.66. The molecule has 0 heterocycles. The van der Waals surface area contributed by atoms with E-state index in [1.54, 1.807) is 7.11 Å². The number of aliphatic imine (C=N–C) groups is 1. The molecule has 0 bridgehead atoms. The van der Waals surface area contributed by atoms with Crippen LogP contribution in [0.25, 0.3) is 0 Å². The Morgan fingerprint density at radius 1 is 1.40 bits per heavy atom. The molecule has 1 rings (SSSR count). The van der Waals surface area contributed by atoms with Gasteiger partial charge in [-0.25, -0.2) is 0 Å². The first-order valence-corrected chi connectivity index (χ1v) is 8.42. The van der Waals surface area contributed by atoms with Crippen LogP contribution in [0, 0.1) is 5.41 Å². The van der Waals surface area contributed by atoms with Crippen LogP contribution >= 0.6 is 11.8 Å². The Hall–Kier alpha value is -0.420. The third-order valence-electron chi connectivity index (χ3n) is 5.05. The van der Waals surface area contributed by atoms with Crippen LogP contribution in [0.15, 0.2) is 4.99 Å². The highest BCUT2D eigenvalue weighted by Gasteiger charge is 2.58. The van der Waals surface area contributed by atoms with Gasteiger partial charge in [-0.05, 0) is 33.4 Å². The molecule has 1 aliphatic rings. The molecule has 4 nitrogen and oxygen atoms in total. The van der Waals surface area contributed by atoms with Crippen molar-refractivity contribution >= 4 is 17.7 Å². The van der Waals surface area contributed by atoms with Crippen molar-refractivity contribution in [3.05, 3.63) is 0 Å². The van der Waals surface area contributed by atoms with Gasteiger partial charge in [-0.1, -0.05) is 13.8 Å². The summed E-state index contributed by atoms with van der Waals surface area (Å²) in [4.78, 5) is 4.33. The second-order valence-electron chi connectivity index (χ2n) is 6.95. The molecule has 20 heavy (non-hydrogen) atoms. The third kappa shape index (κ3) is 3.42. The molecule has 0 aromatic carbocycles. The molecule has 0 radical (unpaired) electrons. The number of ether oxygens (including phenoxy) is 1. The molecule has 2 unspecified atom stereocenters. The number of guanidine groups is 1. The first kappa shape index (κ1) is 17.6. The van der Waals surface area contributed by atoms with E-state index in [9.17, 15) is 0 Å². The average molecular weight is 302 g/mol. The van der Waals surface area contributed by atoms with E-state index < -0.39 is 0 Å². The lowest BCUT2D eigenvalue weighted by atomic mass is 9.56. The van der Waals surface area contributed by atoms with Crippen LogP contribution in [0.2, 0.25) is 0 Å². The topological polar surface area (TPSA) is 45.7 Å². The molecule has 1 fully saturated rings. The van der Waals surface area contributed by atoms with Crippen LogP contribution in [0.1, 0.15) is 41.0 Å². The molecule has 118 valence electrons. The lowest BCUT2D eigenvalue weighted by Crippen LogP contribution is -2.69. The van der Waals surface area contributed by atoms with Gasteiger partial charge in [0.1, 0.15) is 0 Å². The Labute approximate surface area is 128 Å². The van der Waals surface area contributed by atoms with Crippen molar-refractivity contribution in [2.45, 2.75) is 57.4 Å². The molecule has 0 amide bonds. The summed E-state index contributed by atoms with van der Waals surface area (Å²) in [5, 5.41) is 6.95. The zero-order chi connectivity index (χ0) is 15.6. The fourth-order valence-corrected chi connectivity index (χ4v) is 2.67. The fourth-order valence-electron chi connectivity index (χ4n) is 2.45. The summed E-state index contributed by atoms with van der Waals surface area (Å²) in [7, 11) is 3.62. The van der Waals surface area contributed by atoms with Crippen LogP contribution < -0.4 is 10.6 Å². The van der Waals surface area contributed by atoms with E-state index in [0.717, 1.165) is 18.9 Å². The molecule has 0 saturated heterocycles. The third-order valence-corrected chi connectivity index (χ3v) is 6.30. The maximum atomic E-state index is 5.66. The Balaban J connectivity index is 2.56. The lowest BCUT2D eigenvalue weighted by Gasteiger charge is -2.59. The van der Waals surface area contributed by atoms with Gasteiger partial charge >= 0.3 is 0 Å². The quantitative estimate of drug-likeness (QED) is 0.605. The molecule has 2 atom stereocenters. The van der Waals surface area contributed by atoms with E-state index in [-0.39, 0.29) is 15.8 Å². The van der Waals surface area contributed by atoms with Gasteiger partial charge in [0.25, 0.3) is 0 Å². The van der Waals surface area contributed by atoms with Crippen molar-refractivity contribution in [2.75, 3.05) is 27.0 Å². The van der Waals surface area contributed by atoms with Gasteiger partial charge in [-0.3, -0.25) is 4.99 Å². The standard InChI is InChI=1S/C15H31N3OS/c1-13(2,20-8)10-17-12(16-6)18-11-9-15(5,19-7)14(11,3)4/h11H,9-10H2,1-8H3,(H2,16,17,18). The maximum Gasteiger partial charge on any atom is 0.191 e. The van der Waals surface area contributed by atoms with Gasteiger partial charge in [0, 0.05) is 36.9 Å². The summed E-state index contributed by atoms with van der Waals surface area (Å²) in [6.07, 6.45) is 3.14. The number of nitrogens with one attached hydrogen (secondary N) is 2. The van der Waals surface area contributed by atoms with Gasteiger partial charge in [-0.2, -0.15) is 11.8 Å². The molecule has 0 spiro atoms. The van der Waals surface area contributed by atoms with Crippen molar-refractivity contribution in [1.29, 1.82) is 0 Å². The second kappa shape index (κ2) is 6.14. The van der Waals surface area contributed by atoms with Crippen LogP contribution in [0.4, 0.5) is 0 Å². The predicted molar refractivity (Wildman–Crippen MR) is 89.7 cm³/mol. The number of thioether (sulfide) groups is 1. The zero-order valence-electron chi connectivity index (χ0n) is 14.3. The number of methoxy groups -OCH3 is 1. The minimum Gasteiger partial charge on any atom is -0.378 e. The molecule has 1 saturated carbocycles. The molecular formula is C15H31N3OS. The summed E-state index contributed by atoms with van der Waals surface area (Å²) >= 11 is 1.86. The fraction of sp³-hybridized carbons (Fsp3) is 0.933. The molecule has 1 aliphatic carbocycles. The highest BCUT2D eigenvalue weighted by molar-refractivity contribution is 7.99. The van der Waals surface area contributed by atoms with E-state index in [1.165, 1.54) is 0 Å². The SMILES string of the molecule is CN=C(NCC(C)(C)SC)NC1CC(C)(OC)C1(C)C. The normalized spacial score (nSPS) is 29.8. The number of hydrogen-bond acceptors (Lipinski definition) is 3. The first-order valence-electron chi connectivity index (χ1n) is 7.19. The van der Waals surface area contributed by atoms with Gasteiger partial charge in [0.15, 0.2) is 5.96 Å². The molecule has 0 aromatic rings. The number of nitrogens with zero attached hydrogens (tertiary/aromatic N) is 1. The predicted octanol–water partition coefficient (Wildman–Crippen LogP) is 2.50. The van der Waals surface area contributed by atoms with Crippen molar-refractivity contribution in [2.24, 2.45) is 10.4 Å². The average Bonchev–Trinajstić information content (AvgIpc) is 2.41. The first-order chi connectivity index (χ1) is 9.12. The Morgan fingerprint density at radius 3 is 2.40 bits per heavy atom. The van der Waals surface area contributed by atoms with Gasteiger partial charge in [0.2, 0.25) is 0 Å². The van der Waals surface area contributed by atoms with Crippen LogP contribution in [-0.2, 0) is 4.74 Å². The zero-order valence-corrected chi connectivity index (χ0v) is 15.1. The molecule has 0 aliphatic heterocycles. The molecule has 5 heteroatoms. The summed E-state index contributed by atoms with van der Waals surface area (Å²) in [6.45, 7) is 12.0. The van der Waals surface area contributed by atoms with Gasteiger partial charge in [0.05, 0.1) is 5.60 Å². The van der Waals surface area contributed by atoms with Crippen molar-refractivity contribution in [1.82, 2.24) is 10.6 Å². The summed E-state index contributed by atoms with van der Waals surface area (Å²) in [6, 6.07) is 0.385. The van der Waals surface area contributed by atoms with E-state index in [4.69, 9.17) is 4.74 Å². The number of rotatable bonds is 5. The highest BCUT2D eigenvalue weighted by atomic mass is 32.2. The second-order valence-corrected chi connectivity index (χ2v) is 8.46. The van der Waals surface area contributed by atoms with Crippen molar-refractivity contribution in [3.63, 3.8) is 0 Å². The number of hydrogen-bond donors (Lipinski definition) is 2. The summed E-state index contributed by atoms with van der Waals surface area (Å²) in [5.74, 6) is 0.878. The minimum absolute atomic E-state index is 0.0535. The van der Waals surface area contributed by atoms with Crippen LogP contribution in [0.5, 0.6) is 0 Å². The Kier molecular flexibility index (Phi) is 5.41. The van der Waals surface area contributed by atoms with Crippen molar-refractivity contribution < 1.29 is 4.74 Å². The Bertz CT molecular complexity index is 368. The Morgan fingerprint density at radius 2 is 2.00 bits per heavy atom. The molecular weight excluding hydrogens is 270 g/mol. The largest absolute Gasteiger partial charge is 0.378 e. The smallest absolute Gasteiger partial charge is 0.191 e. The highest BCUT2D eigenvalue weighted by Crippen LogP contribution is 2.51. The summed E-state index contributed by atoms with van der Waals surface area (Å²) < 4.78 is 5.86. The van der Waals surface area contributed by atoms with Gasteiger partial charge < -0.3 is 15.4 Å². The minimum atomic E-state index is -0.0535. The van der Waals surface area contributed by atoms with E-state index >= 15 is 0 Å². The van der Waals surface area contributed by atoms with Crippen LogP contribution in [-0.4, -0.2) is 49.3 Å². The molecule has 2 N–H and O–H groups in total.